The molecule has 0 radical (unpaired) electrons. The number of nitrogens with one attached hydrogen (secondary N) is 1. The van der Waals surface area contributed by atoms with E-state index in [1.54, 1.807) is 12.3 Å². The summed E-state index contributed by atoms with van der Waals surface area (Å²) >= 11 is 0. The van der Waals surface area contributed by atoms with Crippen LogP contribution in [0.5, 0.6) is 5.88 Å². The number of aromatic nitrogens is 1. The Hall–Kier alpha value is -1.92. The van der Waals surface area contributed by atoms with Crippen LogP contribution in [0.25, 0.3) is 0 Å². The number of methoxy groups -OCH3 is 1. The first kappa shape index (κ1) is 14.5. The van der Waals surface area contributed by atoms with Gasteiger partial charge >= 0.3 is 0 Å². The highest BCUT2D eigenvalue weighted by atomic mass is 32.2. The van der Waals surface area contributed by atoms with Gasteiger partial charge in [-0.1, -0.05) is 30.3 Å². The third-order valence-electron chi connectivity index (χ3n) is 2.92. The second kappa shape index (κ2) is 6.02. The lowest BCUT2D eigenvalue weighted by molar-refractivity contribution is 0.383. The Labute approximate surface area is 118 Å². The van der Waals surface area contributed by atoms with Crippen LogP contribution in [-0.4, -0.2) is 27.6 Å². The molecule has 0 fully saturated rings. The van der Waals surface area contributed by atoms with Gasteiger partial charge in [-0.05, 0) is 30.7 Å². The molecule has 6 heteroatoms. The molecule has 0 bridgehead atoms. The number of rotatable bonds is 5. The monoisotopic (exact) mass is 292 g/mol. The zero-order chi connectivity index (χ0) is 14.6. The second-order valence-corrected chi connectivity index (χ2v) is 6.00. The van der Waals surface area contributed by atoms with E-state index in [0.29, 0.717) is 12.0 Å². The van der Waals surface area contributed by atoms with E-state index in [1.807, 2.05) is 30.3 Å². The molecule has 1 heterocycles. The van der Waals surface area contributed by atoms with Crippen molar-refractivity contribution in [3.63, 3.8) is 0 Å². The number of benzene rings is 1. The molecule has 1 N–H and O–H groups in total. The van der Waals surface area contributed by atoms with Gasteiger partial charge in [0, 0.05) is 6.20 Å². The van der Waals surface area contributed by atoms with Crippen molar-refractivity contribution in [1.82, 2.24) is 9.71 Å². The minimum absolute atomic E-state index is 0.0915. The molecule has 1 aromatic heterocycles. The maximum absolute atomic E-state index is 12.2. The van der Waals surface area contributed by atoms with Crippen LogP contribution in [0.15, 0.2) is 47.5 Å². The third kappa shape index (κ3) is 2.97. The zero-order valence-electron chi connectivity index (χ0n) is 11.3. The lowest BCUT2D eigenvalue weighted by atomic mass is 10.1. The second-order valence-electron chi connectivity index (χ2n) is 4.18. The topological polar surface area (TPSA) is 68.3 Å². The third-order valence-corrected chi connectivity index (χ3v) is 4.43. The molecule has 0 unspecified atom stereocenters. The average molecular weight is 292 g/mol. The maximum atomic E-state index is 12.2. The summed E-state index contributed by atoms with van der Waals surface area (Å²) in [5.41, 5.74) is 1.67. The highest BCUT2D eigenvalue weighted by Gasteiger charge is 2.23. The van der Waals surface area contributed by atoms with Crippen LogP contribution in [0.3, 0.4) is 0 Å². The van der Waals surface area contributed by atoms with Gasteiger partial charge in [0.1, 0.15) is 4.90 Å². The number of pyridine rings is 1. The Bertz CT molecular complexity index is 685. The van der Waals surface area contributed by atoms with E-state index < -0.39 is 10.0 Å². The van der Waals surface area contributed by atoms with Gasteiger partial charge in [-0.25, -0.2) is 18.1 Å². The largest absolute Gasteiger partial charge is 0.480 e. The van der Waals surface area contributed by atoms with Gasteiger partial charge in [-0.15, -0.1) is 0 Å². The van der Waals surface area contributed by atoms with Crippen molar-refractivity contribution < 1.29 is 13.2 Å². The predicted octanol–water partition coefficient (Wildman–Crippen LogP) is 1.59. The van der Waals surface area contributed by atoms with Gasteiger partial charge in [-0.3, -0.25) is 0 Å². The van der Waals surface area contributed by atoms with Crippen LogP contribution in [0.2, 0.25) is 0 Å². The van der Waals surface area contributed by atoms with Crippen LogP contribution >= 0.6 is 0 Å². The summed E-state index contributed by atoms with van der Waals surface area (Å²) in [6.07, 6.45) is 2.04. The first-order chi connectivity index (χ1) is 9.58. The van der Waals surface area contributed by atoms with E-state index in [9.17, 15) is 8.42 Å². The SMILES string of the molecule is CNS(=O)(=O)c1c(Cc2ccccc2)ccnc1OC. The fraction of sp³-hybridized carbons (Fsp3) is 0.214. The summed E-state index contributed by atoms with van der Waals surface area (Å²) in [6, 6.07) is 11.3. The first-order valence-corrected chi connectivity index (χ1v) is 7.56. The molecule has 0 atom stereocenters. The number of ether oxygens (including phenoxy) is 1. The molecule has 5 nitrogen and oxygen atoms in total. The van der Waals surface area contributed by atoms with Crippen molar-refractivity contribution in [3.8, 4) is 5.88 Å². The van der Waals surface area contributed by atoms with Gasteiger partial charge in [0.05, 0.1) is 7.11 Å². The molecular formula is C14H16N2O3S. The standard InChI is InChI=1S/C14H16N2O3S/c1-15-20(17,18)13-12(8-9-16-14(13)19-2)10-11-6-4-3-5-7-11/h3-9,15H,10H2,1-2H3. The number of hydrogen-bond acceptors (Lipinski definition) is 4. The molecule has 20 heavy (non-hydrogen) atoms. The maximum Gasteiger partial charge on any atom is 0.245 e. The molecule has 2 aromatic rings. The molecule has 0 amide bonds. The smallest absolute Gasteiger partial charge is 0.245 e. The summed E-state index contributed by atoms with van der Waals surface area (Å²) < 4.78 is 31.7. The summed E-state index contributed by atoms with van der Waals surface area (Å²) in [7, 11) is -0.854. The van der Waals surface area contributed by atoms with Crippen LogP contribution < -0.4 is 9.46 Å². The van der Waals surface area contributed by atoms with E-state index in [4.69, 9.17) is 4.74 Å². The highest BCUT2D eigenvalue weighted by molar-refractivity contribution is 7.89. The van der Waals surface area contributed by atoms with Crippen molar-refractivity contribution in [2.75, 3.05) is 14.2 Å². The molecule has 0 saturated heterocycles. The van der Waals surface area contributed by atoms with Crippen molar-refractivity contribution in [2.45, 2.75) is 11.3 Å². The molecule has 2 rings (SSSR count). The number of nitrogens with zero attached hydrogens (tertiary/aromatic N) is 1. The summed E-state index contributed by atoms with van der Waals surface area (Å²) in [4.78, 5) is 4.06. The molecular weight excluding hydrogens is 276 g/mol. The van der Waals surface area contributed by atoms with Crippen molar-refractivity contribution in [3.05, 3.63) is 53.7 Å². The van der Waals surface area contributed by atoms with Crippen LogP contribution in [0.4, 0.5) is 0 Å². The van der Waals surface area contributed by atoms with Crippen LogP contribution in [0, 0.1) is 0 Å². The normalized spacial score (nSPS) is 11.3. The Balaban J connectivity index is 2.53. The van der Waals surface area contributed by atoms with Gasteiger partial charge in [0.2, 0.25) is 15.9 Å². The Morgan fingerprint density at radius 2 is 1.90 bits per heavy atom. The molecule has 1 aromatic carbocycles. The van der Waals surface area contributed by atoms with Crippen LogP contribution in [-0.2, 0) is 16.4 Å². The quantitative estimate of drug-likeness (QED) is 0.908. The lowest BCUT2D eigenvalue weighted by Crippen LogP contribution is -2.21. The number of sulfonamides is 1. The fourth-order valence-electron chi connectivity index (χ4n) is 1.96. The van der Waals surface area contributed by atoms with Gasteiger partial charge in [0.25, 0.3) is 0 Å². The van der Waals surface area contributed by atoms with E-state index in [0.717, 1.165) is 5.56 Å². The zero-order valence-corrected chi connectivity index (χ0v) is 12.1. The highest BCUT2D eigenvalue weighted by Crippen LogP contribution is 2.26. The predicted molar refractivity (Wildman–Crippen MR) is 76.3 cm³/mol. The summed E-state index contributed by atoms with van der Waals surface area (Å²) in [6.45, 7) is 0. The average Bonchev–Trinajstić information content (AvgIpc) is 2.48. The summed E-state index contributed by atoms with van der Waals surface area (Å²) in [5.74, 6) is 0.104. The summed E-state index contributed by atoms with van der Waals surface area (Å²) in [5, 5.41) is 0. The van der Waals surface area contributed by atoms with Crippen LogP contribution in [0.1, 0.15) is 11.1 Å². The van der Waals surface area contributed by atoms with E-state index in [-0.39, 0.29) is 10.8 Å². The van der Waals surface area contributed by atoms with E-state index >= 15 is 0 Å². The Morgan fingerprint density at radius 3 is 2.50 bits per heavy atom. The van der Waals surface area contributed by atoms with Crippen molar-refractivity contribution in [1.29, 1.82) is 0 Å². The number of hydrogen-bond donors (Lipinski definition) is 1. The lowest BCUT2D eigenvalue weighted by Gasteiger charge is -2.12. The van der Waals surface area contributed by atoms with Crippen molar-refractivity contribution in [2.24, 2.45) is 0 Å². The molecule has 0 aliphatic carbocycles. The van der Waals surface area contributed by atoms with Gasteiger partial charge in [0.15, 0.2) is 0 Å². The Kier molecular flexibility index (Phi) is 4.36. The molecule has 0 spiro atoms. The molecule has 0 aliphatic heterocycles. The van der Waals surface area contributed by atoms with Gasteiger partial charge < -0.3 is 4.74 Å². The van der Waals surface area contributed by atoms with Crippen molar-refractivity contribution >= 4 is 10.0 Å². The van der Waals surface area contributed by atoms with Gasteiger partial charge in [-0.2, -0.15) is 0 Å². The fourth-order valence-corrected chi connectivity index (χ4v) is 3.01. The minimum atomic E-state index is -3.63. The molecule has 0 saturated carbocycles. The van der Waals surface area contributed by atoms with E-state index in [2.05, 4.69) is 9.71 Å². The molecule has 0 aliphatic rings. The first-order valence-electron chi connectivity index (χ1n) is 6.08. The Morgan fingerprint density at radius 1 is 1.20 bits per heavy atom. The molecule has 106 valence electrons. The minimum Gasteiger partial charge on any atom is -0.480 e. The van der Waals surface area contributed by atoms with E-state index in [1.165, 1.54) is 14.2 Å².